The molecular formula is C27H28N2O5. The first-order chi connectivity index (χ1) is 16.5. The van der Waals surface area contributed by atoms with Gasteiger partial charge in [-0.05, 0) is 30.7 Å². The second kappa shape index (κ2) is 12.1. The monoisotopic (exact) mass is 460 g/mol. The Kier molecular flexibility index (Phi) is 8.68. The third kappa shape index (κ3) is 6.38. The van der Waals surface area contributed by atoms with Crippen molar-refractivity contribution in [2.24, 2.45) is 0 Å². The van der Waals surface area contributed by atoms with Crippen molar-refractivity contribution in [3.05, 3.63) is 83.9 Å². The number of hydrogen-bond acceptors (Lipinski definition) is 5. The molecule has 0 saturated heterocycles. The third-order valence-corrected chi connectivity index (χ3v) is 4.86. The Labute approximate surface area is 199 Å². The van der Waals surface area contributed by atoms with E-state index in [0.717, 1.165) is 12.0 Å². The van der Waals surface area contributed by atoms with Crippen molar-refractivity contribution in [3.63, 3.8) is 0 Å². The Morgan fingerprint density at radius 3 is 2.09 bits per heavy atom. The van der Waals surface area contributed by atoms with Crippen LogP contribution >= 0.6 is 0 Å². The highest BCUT2D eigenvalue weighted by Crippen LogP contribution is 2.36. The fourth-order valence-electron chi connectivity index (χ4n) is 3.18. The Hall–Kier alpha value is -4.26. The molecule has 0 aromatic heterocycles. The Morgan fingerprint density at radius 2 is 1.44 bits per heavy atom. The van der Waals surface area contributed by atoms with Gasteiger partial charge in [-0.15, -0.1) is 0 Å². The van der Waals surface area contributed by atoms with Crippen LogP contribution in [0.1, 0.15) is 29.3 Å². The number of carbonyl (C=O) groups excluding carboxylic acids is 2. The zero-order valence-corrected chi connectivity index (χ0v) is 19.5. The summed E-state index contributed by atoms with van der Waals surface area (Å²) in [6.45, 7) is 2.63. The molecule has 3 aromatic rings. The molecule has 7 nitrogen and oxygen atoms in total. The number of ether oxygens (including phenoxy) is 3. The van der Waals surface area contributed by atoms with Crippen LogP contribution < -0.4 is 24.8 Å². The number of nitrogens with one attached hydrogen (secondary N) is 2. The predicted molar refractivity (Wildman–Crippen MR) is 134 cm³/mol. The number of methoxy groups -OCH3 is 2. The highest BCUT2D eigenvalue weighted by Gasteiger charge is 2.15. The number of anilines is 2. The standard InChI is InChI=1S/C27H28N2O5/c1-4-16-34-23-13-9-8-10-19(23)14-15-26(30)28-21-17-25(33-3)22(18-24(21)32-2)29-27(31)20-11-6-5-7-12-20/h5-15,17-18H,4,16H2,1-3H3,(H,28,30)(H,29,31)/b15-14+. The van der Waals surface area contributed by atoms with E-state index in [9.17, 15) is 9.59 Å². The second-order valence-corrected chi connectivity index (χ2v) is 7.28. The first-order valence-electron chi connectivity index (χ1n) is 10.9. The van der Waals surface area contributed by atoms with Gasteiger partial charge in [-0.2, -0.15) is 0 Å². The molecule has 176 valence electrons. The fourth-order valence-corrected chi connectivity index (χ4v) is 3.18. The molecule has 2 N–H and O–H groups in total. The molecule has 0 heterocycles. The highest BCUT2D eigenvalue weighted by molar-refractivity contribution is 6.06. The van der Waals surface area contributed by atoms with E-state index in [1.54, 1.807) is 42.5 Å². The van der Waals surface area contributed by atoms with Gasteiger partial charge in [0.25, 0.3) is 5.91 Å². The third-order valence-electron chi connectivity index (χ3n) is 4.86. The first kappa shape index (κ1) is 24.4. The lowest BCUT2D eigenvalue weighted by molar-refractivity contribution is -0.111. The summed E-state index contributed by atoms with van der Waals surface area (Å²) in [5.41, 5.74) is 2.13. The van der Waals surface area contributed by atoms with Crippen LogP contribution in [-0.4, -0.2) is 32.6 Å². The van der Waals surface area contributed by atoms with Crippen molar-refractivity contribution in [3.8, 4) is 17.2 Å². The van der Waals surface area contributed by atoms with Crippen LogP contribution in [-0.2, 0) is 4.79 Å². The van der Waals surface area contributed by atoms with Gasteiger partial charge in [-0.3, -0.25) is 9.59 Å². The van der Waals surface area contributed by atoms with E-state index in [0.29, 0.717) is 40.8 Å². The van der Waals surface area contributed by atoms with Gasteiger partial charge in [0, 0.05) is 29.3 Å². The van der Waals surface area contributed by atoms with Gasteiger partial charge in [-0.25, -0.2) is 0 Å². The van der Waals surface area contributed by atoms with Crippen LogP contribution in [0.25, 0.3) is 6.08 Å². The maximum atomic E-state index is 12.6. The zero-order chi connectivity index (χ0) is 24.3. The quantitative estimate of drug-likeness (QED) is 0.396. The topological polar surface area (TPSA) is 85.9 Å². The lowest BCUT2D eigenvalue weighted by Gasteiger charge is -2.16. The fraction of sp³-hybridized carbons (Fsp3) is 0.185. The number of carbonyl (C=O) groups is 2. The van der Waals surface area contributed by atoms with Crippen molar-refractivity contribution < 1.29 is 23.8 Å². The van der Waals surface area contributed by atoms with E-state index in [1.165, 1.54) is 20.3 Å². The molecule has 0 atom stereocenters. The van der Waals surface area contributed by atoms with E-state index in [1.807, 2.05) is 37.3 Å². The summed E-state index contributed by atoms with van der Waals surface area (Å²) < 4.78 is 16.6. The van der Waals surface area contributed by atoms with E-state index in [2.05, 4.69) is 10.6 Å². The summed E-state index contributed by atoms with van der Waals surface area (Å²) in [6, 6.07) is 19.5. The SMILES string of the molecule is CCCOc1ccccc1/C=C/C(=O)Nc1cc(OC)c(NC(=O)c2ccccc2)cc1OC. The molecule has 0 aliphatic rings. The number of amides is 2. The molecule has 0 aliphatic carbocycles. The van der Waals surface area contributed by atoms with Crippen molar-refractivity contribution in [1.82, 2.24) is 0 Å². The molecule has 3 rings (SSSR count). The van der Waals surface area contributed by atoms with Gasteiger partial charge in [0.2, 0.25) is 5.91 Å². The van der Waals surface area contributed by atoms with Crippen molar-refractivity contribution in [1.29, 1.82) is 0 Å². The lowest BCUT2D eigenvalue weighted by atomic mass is 10.1. The first-order valence-corrected chi connectivity index (χ1v) is 10.9. The summed E-state index contributed by atoms with van der Waals surface area (Å²) in [7, 11) is 2.97. The van der Waals surface area contributed by atoms with Crippen molar-refractivity contribution in [2.75, 3.05) is 31.5 Å². The molecule has 0 bridgehead atoms. The number of hydrogen-bond donors (Lipinski definition) is 2. The number of rotatable bonds is 10. The van der Waals surface area contributed by atoms with Crippen LogP contribution in [0, 0.1) is 0 Å². The Balaban J connectivity index is 1.77. The summed E-state index contributed by atoms with van der Waals surface area (Å²) in [5.74, 6) is 0.822. The van der Waals surface area contributed by atoms with E-state index in [-0.39, 0.29) is 11.8 Å². The molecule has 34 heavy (non-hydrogen) atoms. The molecule has 0 unspecified atom stereocenters. The largest absolute Gasteiger partial charge is 0.494 e. The zero-order valence-electron chi connectivity index (χ0n) is 19.5. The van der Waals surface area contributed by atoms with Crippen LogP contribution in [0.3, 0.4) is 0 Å². The second-order valence-electron chi connectivity index (χ2n) is 7.28. The minimum Gasteiger partial charge on any atom is -0.494 e. The summed E-state index contributed by atoms with van der Waals surface area (Å²) >= 11 is 0. The van der Waals surface area contributed by atoms with Gasteiger partial charge in [-0.1, -0.05) is 43.3 Å². The van der Waals surface area contributed by atoms with Crippen LogP contribution in [0.4, 0.5) is 11.4 Å². The van der Waals surface area contributed by atoms with E-state index < -0.39 is 0 Å². The van der Waals surface area contributed by atoms with Crippen LogP contribution in [0.15, 0.2) is 72.8 Å². The highest BCUT2D eigenvalue weighted by atomic mass is 16.5. The lowest BCUT2D eigenvalue weighted by Crippen LogP contribution is -2.14. The normalized spacial score (nSPS) is 10.6. The van der Waals surface area contributed by atoms with Gasteiger partial charge < -0.3 is 24.8 Å². The molecule has 0 aliphatic heterocycles. The van der Waals surface area contributed by atoms with Gasteiger partial charge in [0.15, 0.2) is 0 Å². The number of benzene rings is 3. The van der Waals surface area contributed by atoms with Crippen molar-refractivity contribution in [2.45, 2.75) is 13.3 Å². The molecule has 0 spiro atoms. The summed E-state index contributed by atoms with van der Waals surface area (Å²) in [6.07, 6.45) is 4.01. The predicted octanol–water partition coefficient (Wildman–Crippen LogP) is 5.40. The molecule has 0 fully saturated rings. The number of para-hydroxylation sites is 1. The van der Waals surface area contributed by atoms with Crippen LogP contribution in [0.5, 0.6) is 17.2 Å². The minimum atomic E-state index is -0.355. The molecular weight excluding hydrogens is 432 g/mol. The van der Waals surface area contributed by atoms with Gasteiger partial charge in [0.1, 0.15) is 17.2 Å². The molecule has 0 radical (unpaired) electrons. The van der Waals surface area contributed by atoms with E-state index >= 15 is 0 Å². The average Bonchev–Trinajstić information content (AvgIpc) is 2.87. The smallest absolute Gasteiger partial charge is 0.255 e. The molecule has 2 amide bonds. The molecule has 7 heteroatoms. The maximum absolute atomic E-state index is 12.6. The van der Waals surface area contributed by atoms with Crippen LogP contribution in [0.2, 0.25) is 0 Å². The average molecular weight is 461 g/mol. The van der Waals surface area contributed by atoms with E-state index in [4.69, 9.17) is 14.2 Å². The van der Waals surface area contributed by atoms with Crippen molar-refractivity contribution >= 4 is 29.3 Å². The molecule has 3 aromatic carbocycles. The Morgan fingerprint density at radius 1 is 0.824 bits per heavy atom. The molecule has 0 saturated carbocycles. The van der Waals surface area contributed by atoms with Gasteiger partial charge >= 0.3 is 0 Å². The Bertz CT molecular complexity index is 1160. The minimum absolute atomic E-state index is 0.287. The maximum Gasteiger partial charge on any atom is 0.255 e. The summed E-state index contributed by atoms with van der Waals surface area (Å²) in [4.78, 5) is 25.2. The van der Waals surface area contributed by atoms with Gasteiger partial charge in [0.05, 0.1) is 32.2 Å². The summed E-state index contributed by atoms with van der Waals surface area (Å²) in [5, 5.41) is 5.62.